The van der Waals surface area contributed by atoms with E-state index in [1.165, 1.54) is 7.05 Å². The van der Waals surface area contributed by atoms with Crippen LogP contribution in [-0.2, 0) is 0 Å². The van der Waals surface area contributed by atoms with Gasteiger partial charge in [-0.15, -0.1) is 0 Å². The van der Waals surface area contributed by atoms with Crippen LogP contribution in [0.25, 0.3) is 10.8 Å². The largest absolute Gasteiger partial charge is 0.412 e. The number of hydrogen-bond donors (Lipinski definition) is 2. The van der Waals surface area contributed by atoms with Crippen molar-refractivity contribution in [2.24, 2.45) is 5.73 Å². The lowest BCUT2D eigenvalue weighted by atomic mass is 10.0. The summed E-state index contributed by atoms with van der Waals surface area (Å²) in [5, 5.41) is 3.86. The molecule has 0 aliphatic rings. The Bertz CT molecular complexity index is 623. The van der Waals surface area contributed by atoms with Crippen LogP contribution >= 0.6 is 0 Å². The van der Waals surface area contributed by atoms with Crippen LogP contribution in [0.4, 0.5) is 4.79 Å². The summed E-state index contributed by atoms with van der Waals surface area (Å²) in [5.74, 6) is -0.459. The quantitative estimate of drug-likeness (QED) is 0.842. The number of primary amides is 1. The second kappa shape index (κ2) is 4.75. The van der Waals surface area contributed by atoms with Crippen molar-refractivity contribution in [1.82, 2.24) is 5.32 Å². The van der Waals surface area contributed by atoms with Gasteiger partial charge in [-0.2, -0.15) is 0 Å². The Morgan fingerprint density at radius 1 is 1.17 bits per heavy atom. The van der Waals surface area contributed by atoms with Crippen molar-refractivity contribution in [3.05, 3.63) is 42.0 Å². The molecule has 5 heteroatoms. The van der Waals surface area contributed by atoms with Gasteiger partial charge in [0.05, 0.1) is 5.56 Å². The normalized spacial score (nSPS) is 10.1. The average Bonchev–Trinajstić information content (AvgIpc) is 2.38. The van der Waals surface area contributed by atoms with Gasteiger partial charge in [0.1, 0.15) is 0 Å². The SMILES string of the molecule is CNC(=O)Oc1c(C(N)=O)ccc2ccccc12. The van der Waals surface area contributed by atoms with Gasteiger partial charge in [0, 0.05) is 12.4 Å². The monoisotopic (exact) mass is 244 g/mol. The number of hydrogen-bond acceptors (Lipinski definition) is 3. The minimum atomic E-state index is -0.645. The van der Waals surface area contributed by atoms with Crippen LogP contribution in [0.15, 0.2) is 36.4 Å². The van der Waals surface area contributed by atoms with E-state index in [1.54, 1.807) is 24.3 Å². The number of nitrogens with two attached hydrogens (primary N) is 1. The molecule has 0 saturated heterocycles. The highest BCUT2D eigenvalue weighted by molar-refractivity contribution is 6.04. The van der Waals surface area contributed by atoms with Crippen LogP contribution in [0, 0.1) is 0 Å². The molecular formula is C13H12N2O3. The van der Waals surface area contributed by atoms with Gasteiger partial charge < -0.3 is 15.8 Å². The first-order valence-corrected chi connectivity index (χ1v) is 5.34. The summed E-state index contributed by atoms with van der Waals surface area (Å²) in [5.41, 5.74) is 5.45. The smallest absolute Gasteiger partial charge is 0.409 e. The fraction of sp³-hybridized carbons (Fsp3) is 0.0769. The highest BCUT2D eigenvalue weighted by atomic mass is 16.6. The van der Waals surface area contributed by atoms with Gasteiger partial charge in [0.2, 0.25) is 0 Å². The summed E-state index contributed by atoms with van der Waals surface area (Å²) >= 11 is 0. The lowest BCUT2D eigenvalue weighted by Gasteiger charge is -2.10. The third-order valence-corrected chi connectivity index (χ3v) is 2.54. The van der Waals surface area contributed by atoms with Crippen LogP contribution in [0.1, 0.15) is 10.4 Å². The van der Waals surface area contributed by atoms with E-state index in [0.29, 0.717) is 5.39 Å². The highest BCUT2D eigenvalue weighted by Crippen LogP contribution is 2.29. The molecule has 3 N–H and O–H groups in total. The van der Waals surface area contributed by atoms with Crippen molar-refractivity contribution in [1.29, 1.82) is 0 Å². The zero-order chi connectivity index (χ0) is 13.1. The molecule has 0 aliphatic carbocycles. The molecule has 0 unspecified atom stereocenters. The third-order valence-electron chi connectivity index (χ3n) is 2.54. The number of carbonyl (C=O) groups excluding carboxylic acids is 2. The molecule has 2 amide bonds. The van der Waals surface area contributed by atoms with Crippen LogP contribution in [0.5, 0.6) is 5.75 Å². The molecule has 0 radical (unpaired) electrons. The second-order valence-electron chi connectivity index (χ2n) is 3.67. The molecule has 0 atom stereocenters. The number of ether oxygens (including phenoxy) is 1. The van der Waals surface area contributed by atoms with Crippen molar-refractivity contribution >= 4 is 22.8 Å². The van der Waals surface area contributed by atoms with Gasteiger partial charge in [-0.25, -0.2) is 4.79 Å². The average molecular weight is 244 g/mol. The van der Waals surface area contributed by atoms with Crippen molar-refractivity contribution in [2.45, 2.75) is 0 Å². The Kier molecular flexibility index (Phi) is 3.14. The Balaban J connectivity index is 2.66. The lowest BCUT2D eigenvalue weighted by Crippen LogP contribution is -2.24. The Morgan fingerprint density at radius 2 is 1.89 bits per heavy atom. The maximum absolute atomic E-state index is 11.3. The summed E-state index contributed by atoms with van der Waals surface area (Å²) in [7, 11) is 1.44. The van der Waals surface area contributed by atoms with E-state index < -0.39 is 12.0 Å². The lowest BCUT2D eigenvalue weighted by molar-refractivity contribution is 0.0998. The molecule has 5 nitrogen and oxygen atoms in total. The van der Waals surface area contributed by atoms with Crippen molar-refractivity contribution in [2.75, 3.05) is 7.05 Å². The molecule has 2 aromatic carbocycles. The molecule has 2 aromatic rings. The van der Waals surface area contributed by atoms with Crippen molar-refractivity contribution < 1.29 is 14.3 Å². The molecule has 0 aliphatic heterocycles. The van der Waals surface area contributed by atoms with E-state index in [9.17, 15) is 9.59 Å². The minimum Gasteiger partial charge on any atom is -0.409 e. The van der Waals surface area contributed by atoms with Gasteiger partial charge in [0.25, 0.3) is 5.91 Å². The molecule has 0 aromatic heterocycles. The second-order valence-corrected chi connectivity index (χ2v) is 3.67. The first kappa shape index (κ1) is 11.9. The van der Waals surface area contributed by atoms with Gasteiger partial charge in [-0.05, 0) is 11.5 Å². The van der Waals surface area contributed by atoms with Gasteiger partial charge >= 0.3 is 6.09 Å². The maximum Gasteiger partial charge on any atom is 0.412 e. The molecule has 92 valence electrons. The number of nitrogens with one attached hydrogen (secondary N) is 1. The third kappa shape index (κ3) is 2.10. The fourth-order valence-electron chi connectivity index (χ4n) is 1.69. The maximum atomic E-state index is 11.3. The Hall–Kier alpha value is -2.56. The van der Waals surface area contributed by atoms with E-state index in [2.05, 4.69) is 5.32 Å². The van der Waals surface area contributed by atoms with E-state index in [4.69, 9.17) is 10.5 Å². The first-order chi connectivity index (χ1) is 8.63. The summed E-state index contributed by atoms with van der Waals surface area (Å²) in [6.45, 7) is 0. The topological polar surface area (TPSA) is 81.4 Å². The standard InChI is InChI=1S/C13H12N2O3/c1-15-13(17)18-11-9-5-3-2-4-8(9)6-7-10(11)12(14)16/h2-7H,1H3,(H2,14,16)(H,15,17). The van der Waals surface area contributed by atoms with Crippen LogP contribution < -0.4 is 15.8 Å². The minimum absolute atomic E-state index is 0.178. The fourth-order valence-corrected chi connectivity index (χ4v) is 1.69. The van der Waals surface area contributed by atoms with Gasteiger partial charge in [-0.1, -0.05) is 30.3 Å². The molecular weight excluding hydrogens is 232 g/mol. The summed E-state index contributed by atoms with van der Waals surface area (Å²) in [4.78, 5) is 22.7. The number of amides is 2. The molecule has 0 spiro atoms. The zero-order valence-electron chi connectivity index (χ0n) is 9.77. The Morgan fingerprint density at radius 3 is 2.56 bits per heavy atom. The predicted molar refractivity (Wildman–Crippen MR) is 67.5 cm³/mol. The van der Waals surface area contributed by atoms with Crippen LogP contribution in [0.2, 0.25) is 0 Å². The highest BCUT2D eigenvalue weighted by Gasteiger charge is 2.15. The number of rotatable bonds is 2. The predicted octanol–water partition coefficient (Wildman–Crippen LogP) is 1.66. The molecule has 18 heavy (non-hydrogen) atoms. The van der Waals surface area contributed by atoms with Crippen LogP contribution in [0.3, 0.4) is 0 Å². The van der Waals surface area contributed by atoms with Gasteiger partial charge in [0.15, 0.2) is 5.75 Å². The zero-order valence-corrected chi connectivity index (χ0v) is 9.77. The van der Waals surface area contributed by atoms with Crippen molar-refractivity contribution in [3.63, 3.8) is 0 Å². The molecule has 0 fully saturated rings. The molecule has 2 rings (SSSR count). The van der Waals surface area contributed by atoms with Crippen molar-refractivity contribution in [3.8, 4) is 5.75 Å². The number of carbonyl (C=O) groups is 2. The van der Waals surface area contributed by atoms with E-state index >= 15 is 0 Å². The number of benzene rings is 2. The van der Waals surface area contributed by atoms with Crippen LogP contribution in [-0.4, -0.2) is 19.0 Å². The van der Waals surface area contributed by atoms with Gasteiger partial charge in [-0.3, -0.25) is 4.79 Å². The summed E-state index contributed by atoms with van der Waals surface area (Å²) in [6, 6.07) is 10.6. The molecule has 0 heterocycles. The Labute approximate surface area is 104 Å². The molecule has 0 bridgehead atoms. The van der Waals surface area contributed by atoms with E-state index in [-0.39, 0.29) is 11.3 Å². The van der Waals surface area contributed by atoms with E-state index in [1.807, 2.05) is 12.1 Å². The first-order valence-electron chi connectivity index (χ1n) is 5.34. The number of fused-ring (bicyclic) bond motifs is 1. The molecule has 0 saturated carbocycles. The van der Waals surface area contributed by atoms with E-state index in [0.717, 1.165) is 5.39 Å². The summed E-state index contributed by atoms with van der Waals surface area (Å²) < 4.78 is 5.12. The summed E-state index contributed by atoms with van der Waals surface area (Å²) in [6.07, 6.45) is -0.645.